The van der Waals surface area contributed by atoms with Gasteiger partial charge < -0.3 is 25.8 Å². The highest BCUT2D eigenvalue weighted by Crippen LogP contribution is 2.26. The predicted octanol–water partition coefficient (Wildman–Crippen LogP) is -2.10. The van der Waals surface area contributed by atoms with Crippen molar-refractivity contribution in [3.8, 4) is 0 Å². The second kappa shape index (κ2) is 5.02. The molecule has 1 fully saturated rings. The second-order valence-corrected chi connectivity index (χ2v) is 4.25. The molecule has 0 spiro atoms. The molecule has 2 heterocycles. The summed E-state index contributed by atoms with van der Waals surface area (Å²) >= 11 is 0. The molecule has 0 aliphatic carbocycles. The van der Waals surface area contributed by atoms with E-state index in [0.29, 0.717) is 0 Å². The van der Waals surface area contributed by atoms with Crippen LogP contribution in [0.2, 0.25) is 0 Å². The molecular formula is C10H15N3O5. The van der Waals surface area contributed by atoms with Gasteiger partial charge in [-0.15, -0.1) is 0 Å². The summed E-state index contributed by atoms with van der Waals surface area (Å²) in [5.41, 5.74) is 4.83. The number of hydrogen-bond donors (Lipinski definition) is 5. The number of ether oxygens (including phenoxy) is 1. The van der Waals surface area contributed by atoms with E-state index in [4.69, 9.17) is 10.5 Å². The van der Waals surface area contributed by atoms with Crippen LogP contribution >= 0.6 is 0 Å². The summed E-state index contributed by atoms with van der Waals surface area (Å²) in [7, 11) is 0. The molecule has 1 saturated heterocycles. The first-order valence-electron chi connectivity index (χ1n) is 5.49. The molecule has 100 valence electrons. The lowest BCUT2D eigenvalue weighted by atomic mass is 10.0. The van der Waals surface area contributed by atoms with Crippen LogP contribution in [0.3, 0.4) is 0 Å². The van der Waals surface area contributed by atoms with Crippen LogP contribution in [0.15, 0.2) is 11.0 Å². The lowest BCUT2D eigenvalue weighted by molar-refractivity contribution is -0.0750. The zero-order valence-electron chi connectivity index (χ0n) is 9.48. The van der Waals surface area contributed by atoms with Crippen LogP contribution in [0, 0.1) is 0 Å². The molecule has 6 N–H and O–H groups in total. The number of aliphatic hydroxyl groups is 3. The van der Waals surface area contributed by atoms with Crippen LogP contribution in [0.25, 0.3) is 0 Å². The van der Waals surface area contributed by atoms with Gasteiger partial charge in [0.2, 0.25) is 0 Å². The SMILES string of the molecule is Nc1ncc([C@@H]2OCC(O)CC(O)C2O)c(=O)[nH]1. The third-order valence-corrected chi connectivity index (χ3v) is 2.84. The Bertz CT molecular complexity index is 477. The summed E-state index contributed by atoms with van der Waals surface area (Å²) in [5, 5.41) is 29.0. The zero-order chi connectivity index (χ0) is 13.3. The third kappa shape index (κ3) is 2.51. The van der Waals surface area contributed by atoms with E-state index in [-0.39, 0.29) is 24.5 Å². The molecule has 1 aromatic heterocycles. The lowest BCUT2D eigenvalue weighted by Gasteiger charge is -2.22. The Balaban J connectivity index is 2.33. The first-order valence-corrected chi connectivity index (χ1v) is 5.49. The molecule has 8 heteroatoms. The normalized spacial score (nSPS) is 33.1. The van der Waals surface area contributed by atoms with Gasteiger partial charge in [0, 0.05) is 12.6 Å². The number of nitrogens with zero attached hydrogens (tertiary/aromatic N) is 1. The van der Waals surface area contributed by atoms with Crippen molar-refractivity contribution in [3.63, 3.8) is 0 Å². The van der Waals surface area contributed by atoms with E-state index in [1.807, 2.05) is 0 Å². The fourth-order valence-corrected chi connectivity index (χ4v) is 1.90. The van der Waals surface area contributed by atoms with E-state index < -0.39 is 30.0 Å². The molecule has 0 radical (unpaired) electrons. The maximum absolute atomic E-state index is 11.7. The Hall–Kier alpha value is -1.48. The van der Waals surface area contributed by atoms with Gasteiger partial charge in [-0.2, -0.15) is 0 Å². The van der Waals surface area contributed by atoms with Crippen LogP contribution in [0.4, 0.5) is 5.95 Å². The minimum absolute atomic E-state index is 0.0159. The Morgan fingerprint density at radius 1 is 1.44 bits per heavy atom. The molecule has 8 nitrogen and oxygen atoms in total. The summed E-state index contributed by atoms with van der Waals surface area (Å²) in [6.45, 7) is -0.0808. The first-order chi connectivity index (χ1) is 8.49. The van der Waals surface area contributed by atoms with Gasteiger partial charge in [0.1, 0.15) is 12.2 Å². The number of nitrogen functional groups attached to an aromatic ring is 1. The third-order valence-electron chi connectivity index (χ3n) is 2.84. The van der Waals surface area contributed by atoms with Crippen molar-refractivity contribution in [2.45, 2.75) is 30.8 Å². The maximum atomic E-state index is 11.7. The maximum Gasteiger partial charge on any atom is 0.258 e. The van der Waals surface area contributed by atoms with E-state index in [9.17, 15) is 20.1 Å². The predicted molar refractivity (Wildman–Crippen MR) is 60.6 cm³/mol. The van der Waals surface area contributed by atoms with Gasteiger partial charge in [-0.3, -0.25) is 9.78 Å². The lowest BCUT2D eigenvalue weighted by Crippen LogP contribution is -2.35. The van der Waals surface area contributed by atoms with Crippen LogP contribution < -0.4 is 11.3 Å². The number of anilines is 1. The number of H-pyrrole nitrogens is 1. The number of aliphatic hydroxyl groups excluding tert-OH is 3. The standard InChI is InChI=1S/C10H15N3O5/c11-10-12-2-5(9(17)13-10)8-7(16)6(15)1-4(14)3-18-8/h2,4,6-8,14-16H,1,3H2,(H3,11,12,13,17)/t4?,6?,7?,8-/m0/s1. The number of aromatic nitrogens is 2. The minimum Gasteiger partial charge on any atom is -0.391 e. The molecule has 18 heavy (non-hydrogen) atoms. The van der Waals surface area contributed by atoms with Crippen molar-refractivity contribution in [3.05, 3.63) is 22.1 Å². The second-order valence-electron chi connectivity index (χ2n) is 4.25. The Morgan fingerprint density at radius 3 is 2.83 bits per heavy atom. The highest BCUT2D eigenvalue weighted by molar-refractivity contribution is 5.20. The minimum atomic E-state index is -1.31. The largest absolute Gasteiger partial charge is 0.391 e. The van der Waals surface area contributed by atoms with E-state index in [0.717, 1.165) is 0 Å². The fourth-order valence-electron chi connectivity index (χ4n) is 1.90. The van der Waals surface area contributed by atoms with Gasteiger partial charge >= 0.3 is 0 Å². The van der Waals surface area contributed by atoms with Gasteiger partial charge in [0.25, 0.3) is 5.56 Å². The molecule has 0 amide bonds. The van der Waals surface area contributed by atoms with Crippen molar-refractivity contribution in [2.75, 3.05) is 12.3 Å². The monoisotopic (exact) mass is 257 g/mol. The molecule has 1 aliphatic heterocycles. The van der Waals surface area contributed by atoms with E-state index in [2.05, 4.69) is 9.97 Å². The number of nitrogens with one attached hydrogen (secondary N) is 1. The van der Waals surface area contributed by atoms with E-state index in [1.54, 1.807) is 0 Å². The van der Waals surface area contributed by atoms with Crippen molar-refractivity contribution in [1.82, 2.24) is 9.97 Å². The summed E-state index contributed by atoms with van der Waals surface area (Å²) in [5.74, 6) is -0.0487. The van der Waals surface area contributed by atoms with Crippen LogP contribution in [0.5, 0.6) is 0 Å². The first kappa shape index (κ1) is 13.0. The van der Waals surface area contributed by atoms with Crippen molar-refractivity contribution in [2.24, 2.45) is 0 Å². The van der Waals surface area contributed by atoms with Gasteiger partial charge in [-0.25, -0.2) is 4.98 Å². The molecule has 2 rings (SSSR count). The summed E-state index contributed by atoms with van der Waals surface area (Å²) < 4.78 is 5.24. The molecule has 0 bridgehead atoms. The number of hydrogen-bond acceptors (Lipinski definition) is 7. The molecular weight excluding hydrogens is 242 g/mol. The summed E-state index contributed by atoms with van der Waals surface area (Å²) in [4.78, 5) is 17.7. The quantitative estimate of drug-likeness (QED) is 0.388. The van der Waals surface area contributed by atoms with E-state index in [1.165, 1.54) is 6.20 Å². The average Bonchev–Trinajstić information content (AvgIpc) is 2.41. The van der Waals surface area contributed by atoms with Crippen LogP contribution in [-0.4, -0.2) is 50.2 Å². The molecule has 1 aromatic rings. The number of nitrogens with two attached hydrogens (primary N) is 1. The summed E-state index contributed by atoms with van der Waals surface area (Å²) in [6.07, 6.45) is -3.25. The Labute approximate surface area is 102 Å². The van der Waals surface area contributed by atoms with Crippen molar-refractivity contribution in [1.29, 1.82) is 0 Å². The smallest absolute Gasteiger partial charge is 0.258 e. The Kier molecular flexibility index (Phi) is 3.62. The summed E-state index contributed by atoms with van der Waals surface area (Å²) in [6, 6.07) is 0. The van der Waals surface area contributed by atoms with Gasteiger partial charge in [-0.05, 0) is 0 Å². The number of aromatic amines is 1. The van der Waals surface area contributed by atoms with Gasteiger partial charge in [0.15, 0.2) is 5.95 Å². The average molecular weight is 257 g/mol. The highest BCUT2D eigenvalue weighted by Gasteiger charge is 2.35. The molecule has 0 aromatic carbocycles. The van der Waals surface area contributed by atoms with Gasteiger partial charge in [-0.1, -0.05) is 0 Å². The number of rotatable bonds is 1. The van der Waals surface area contributed by atoms with Crippen molar-refractivity contribution >= 4 is 5.95 Å². The zero-order valence-corrected chi connectivity index (χ0v) is 9.48. The van der Waals surface area contributed by atoms with Crippen LogP contribution in [0.1, 0.15) is 18.1 Å². The van der Waals surface area contributed by atoms with E-state index >= 15 is 0 Å². The van der Waals surface area contributed by atoms with Crippen molar-refractivity contribution < 1.29 is 20.1 Å². The molecule has 4 atom stereocenters. The molecule has 0 saturated carbocycles. The Morgan fingerprint density at radius 2 is 2.17 bits per heavy atom. The topological polar surface area (TPSA) is 142 Å². The molecule has 3 unspecified atom stereocenters. The van der Waals surface area contributed by atoms with Gasteiger partial charge in [0.05, 0.1) is 24.4 Å². The van der Waals surface area contributed by atoms with Crippen LogP contribution in [-0.2, 0) is 4.74 Å². The molecule has 1 aliphatic rings. The fraction of sp³-hybridized carbons (Fsp3) is 0.600. The highest BCUT2D eigenvalue weighted by atomic mass is 16.5.